The largest absolute Gasteiger partial charge is 0.277 e. The van der Waals surface area contributed by atoms with Crippen molar-refractivity contribution in [1.29, 1.82) is 0 Å². The fourth-order valence-corrected chi connectivity index (χ4v) is 3.94. The molecule has 20 heavy (non-hydrogen) atoms. The summed E-state index contributed by atoms with van der Waals surface area (Å²) in [5.74, 6) is -1.29. The topological polar surface area (TPSA) is 46.2 Å². The number of hydrogen-bond acceptors (Lipinski definition) is 2. The summed E-state index contributed by atoms with van der Waals surface area (Å²) in [6.45, 7) is 0. The van der Waals surface area contributed by atoms with E-state index in [4.69, 9.17) is 0 Å². The second-order valence-electron chi connectivity index (χ2n) is 3.80. The fourth-order valence-electron chi connectivity index (χ4n) is 1.47. The summed E-state index contributed by atoms with van der Waals surface area (Å²) < 4.78 is 53.5. The van der Waals surface area contributed by atoms with Crippen molar-refractivity contribution in [3.05, 3.63) is 57.0 Å². The Morgan fingerprint density at radius 2 is 1.70 bits per heavy atom. The highest BCUT2D eigenvalue weighted by Gasteiger charge is 2.19. The molecule has 0 aliphatic heterocycles. The van der Waals surface area contributed by atoms with Crippen LogP contribution in [0.4, 0.5) is 14.5 Å². The van der Waals surface area contributed by atoms with Crippen molar-refractivity contribution in [2.45, 2.75) is 4.90 Å². The zero-order valence-corrected chi connectivity index (χ0v) is 13.7. The maximum absolute atomic E-state index is 13.6. The number of halogens is 4. The van der Waals surface area contributed by atoms with Crippen LogP contribution in [0.15, 0.2) is 50.2 Å². The molecule has 0 amide bonds. The molecule has 0 saturated carbocycles. The predicted molar refractivity (Wildman–Crippen MR) is 79.0 cm³/mol. The summed E-state index contributed by atoms with van der Waals surface area (Å²) in [7, 11) is -4.02. The zero-order valence-electron chi connectivity index (χ0n) is 9.70. The van der Waals surface area contributed by atoms with Gasteiger partial charge in [-0.1, -0.05) is 15.9 Å². The SMILES string of the molecule is O=S(=O)(Nc1cc(Br)ccc1F)c1ccc(F)cc1Br. The van der Waals surface area contributed by atoms with Gasteiger partial charge in [0.05, 0.1) is 5.69 Å². The number of hydrogen-bond donors (Lipinski definition) is 1. The van der Waals surface area contributed by atoms with Crippen molar-refractivity contribution in [3.63, 3.8) is 0 Å². The van der Waals surface area contributed by atoms with Crippen LogP contribution in [0.3, 0.4) is 0 Å². The third kappa shape index (κ3) is 3.36. The molecule has 0 aromatic heterocycles. The van der Waals surface area contributed by atoms with Gasteiger partial charge in [0.25, 0.3) is 10.0 Å². The first-order valence-corrected chi connectivity index (χ1v) is 8.29. The van der Waals surface area contributed by atoms with Crippen LogP contribution in [-0.2, 0) is 10.0 Å². The first kappa shape index (κ1) is 15.4. The van der Waals surface area contributed by atoms with Gasteiger partial charge in [-0.05, 0) is 52.3 Å². The van der Waals surface area contributed by atoms with E-state index in [1.165, 1.54) is 12.1 Å². The summed E-state index contributed by atoms with van der Waals surface area (Å²) in [6.07, 6.45) is 0. The van der Waals surface area contributed by atoms with E-state index < -0.39 is 21.7 Å². The van der Waals surface area contributed by atoms with Crippen molar-refractivity contribution in [1.82, 2.24) is 0 Å². The second-order valence-corrected chi connectivity index (χ2v) is 7.23. The number of sulfonamides is 1. The van der Waals surface area contributed by atoms with Gasteiger partial charge in [0.2, 0.25) is 0 Å². The lowest BCUT2D eigenvalue weighted by Gasteiger charge is -2.10. The molecule has 0 aliphatic carbocycles. The minimum Gasteiger partial charge on any atom is -0.277 e. The first-order chi connectivity index (χ1) is 9.29. The summed E-state index contributed by atoms with van der Waals surface area (Å²) in [6, 6.07) is 6.99. The number of benzene rings is 2. The van der Waals surface area contributed by atoms with Crippen LogP contribution < -0.4 is 4.72 Å². The van der Waals surface area contributed by atoms with Gasteiger partial charge >= 0.3 is 0 Å². The second kappa shape index (κ2) is 5.79. The number of nitrogens with one attached hydrogen (secondary N) is 1. The lowest BCUT2D eigenvalue weighted by Crippen LogP contribution is -2.14. The summed E-state index contributed by atoms with van der Waals surface area (Å²) in [5.41, 5.74) is -0.199. The molecular weight excluding hydrogens is 420 g/mol. The molecule has 2 rings (SSSR count). The van der Waals surface area contributed by atoms with Crippen LogP contribution in [0.5, 0.6) is 0 Å². The molecule has 106 valence electrons. The van der Waals surface area contributed by atoms with Crippen molar-refractivity contribution >= 4 is 47.6 Å². The highest BCUT2D eigenvalue weighted by molar-refractivity contribution is 9.10. The van der Waals surface area contributed by atoms with Crippen molar-refractivity contribution in [3.8, 4) is 0 Å². The maximum Gasteiger partial charge on any atom is 0.263 e. The molecular formula is C12H7Br2F2NO2S. The molecule has 0 atom stereocenters. The van der Waals surface area contributed by atoms with E-state index in [2.05, 4.69) is 36.6 Å². The Kier molecular flexibility index (Phi) is 4.46. The Hall–Kier alpha value is -0.990. The van der Waals surface area contributed by atoms with Gasteiger partial charge in [0, 0.05) is 8.95 Å². The van der Waals surface area contributed by atoms with Gasteiger partial charge < -0.3 is 0 Å². The van der Waals surface area contributed by atoms with Crippen LogP contribution in [-0.4, -0.2) is 8.42 Å². The molecule has 0 bridgehead atoms. The van der Waals surface area contributed by atoms with Crippen molar-refractivity contribution in [2.75, 3.05) is 4.72 Å². The normalized spacial score (nSPS) is 11.4. The predicted octanol–water partition coefficient (Wildman–Crippen LogP) is 4.29. The third-order valence-electron chi connectivity index (χ3n) is 2.36. The Labute approximate surface area is 131 Å². The Balaban J connectivity index is 2.43. The Morgan fingerprint density at radius 1 is 1.00 bits per heavy atom. The van der Waals surface area contributed by atoms with E-state index >= 15 is 0 Å². The van der Waals surface area contributed by atoms with Crippen molar-refractivity contribution < 1.29 is 17.2 Å². The van der Waals surface area contributed by atoms with E-state index in [1.807, 2.05) is 0 Å². The molecule has 0 aliphatic rings. The number of rotatable bonds is 3. The van der Waals surface area contributed by atoms with Gasteiger partial charge in [0.15, 0.2) is 0 Å². The minimum absolute atomic E-state index is 0.0559. The monoisotopic (exact) mass is 425 g/mol. The van der Waals surface area contributed by atoms with Crippen LogP contribution in [0.2, 0.25) is 0 Å². The highest BCUT2D eigenvalue weighted by atomic mass is 79.9. The molecule has 2 aromatic carbocycles. The van der Waals surface area contributed by atoms with Crippen LogP contribution in [0.25, 0.3) is 0 Å². The summed E-state index contributed by atoms with van der Waals surface area (Å²) in [5, 5.41) is 0. The van der Waals surface area contributed by atoms with Gasteiger partial charge in [0.1, 0.15) is 16.5 Å². The minimum atomic E-state index is -4.02. The molecule has 0 heterocycles. The summed E-state index contributed by atoms with van der Waals surface area (Å²) >= 11 is 6.09. The van der Waals surface area contributed by atoms with Crippen molar-refractivity contribution in [2.24, 2.45) is 0 Å². The lowest BCUT2D eigenvalue weighted by atomic mass is 10.3. The van der Waals surface area contributed by atoms with Gasteiger partial charge in [-0.15, -0.1) is 0 Å². The third-order valence-corrected chi connectivity index (χ3v) is 5.19. The standard InChI is InChI=1S/C12H7Br2F2NO2S/c13-7-1-3-10(16)11(5-7)17-20(18,19)12-4-2-8(15)6-9(12)14/h1-6,17H. The number of anilines is 1. The first-order valence-electron chi connectivity index (χ1n) is 5.22. The lowest BCUT2D eigenvalue weighted by molar-refractivity contribution is 0.596. The van der Waals surface area contributed by atoms with E-state index in [1.54, 1.807) is 0 Å². The highest BCUT2D eigenvalue weighted by Crippen LogP contribution is 2.27. The smallest absolute Gasteiger partial charge is 0.263 e. The molecule has 3 nitrogen and oxygen atoms in total. The molecule has 0 spiro atoms. The molecule has 0 unspecified atom stereocenters. The molecule has 8 heteroatoms. The average Bonchev–Trinajstić information content (AvgIpc) is 2.33. The molecule has 0 radical (unpaired) electrons. The van der Waals surface area contributed by atoms with Gasteiger partial charge in [-0.2, -0.15) is 0 Å². The van der Waals surface area contributed by atoms with E-state index in [0.29, 0.717) is 4.47 Å². The van der Waals surface area contributed by atoms with Crippen LogP contribution in [0.1, 0.15) is 0 Å². The van der Waals surface area contributed by atoms with Crippen LogP contribution >= 0.6 is 31.9 Å². The van der Waals surface area contributed by atoms with E-state index in [9.17, 15) is 17.2 Å². The van der Waals surface area contributed by atoms with Gasteiger partial charge in [-0.25, -0.2) is 17.2 Å². The Morgan fingerprint density at radius 3 is 2.35 bits per heavy atom. The fraction of sp³-hybridized carbons (Fsp3) is 0. The molecule has 0 fully saturated rings. The average molecular weight is 427 g/mol. The van der Waals surface area contributed by atoms with Gasteiger partial charge in [-0.3, -0.25) is 4.72 Å². The molecule has 1 N–H and O–H groups in total. The Bertz CT molecular complexity index is 766. The van der Waals surface area contributed by atoms with Crippen LogP contribution in [0, 0.1) is 11.6 Å². The molecule has 0 saturated heterocycles. The van der Waals surface area contributed by atoms with E-state index in [0.717, 1.165) is 24.3 Å². The van der Waals surface area contributed by atoms with E-state index in [-0.39, 0.29) is 15.1 Å². The molecule has 2 aromatic rings. The maximum atomic E-state index is 13.6. The zero-order chi connectivity index (χ0) is 14.9. The summed E-state index contributed by atoms with van der Waals surface area (Å²) in [4.78, 5) is -0.182. The quantitative estimate of drug-likeness (QED) is 0.795.